The Morgan fingerprint density at radius 3 is 2.51 bits per heavy atom. The van der Waals surface area contributed by atoms with E-state index in [4.69, 9.17) is 14.2 Å². The molecule has 2 saturated heterocycles. The molecule has 0 radical (unpaired) electrons. The fourth-order valence-corrected chi connectivity index (χ4v) is 4.75. The lowest BCUT2D eigenvalue weighted by Gasteiger charge is -2.37. The molecule has 0 bridgehead atoms. The van der Waals surface area contributed by atoms with Gasteiger partial charge in [0.05, 0.1) is 19.6 Å². The number of aromatic amines is 1. The summed E-state index contributed by atoms with van der Waals surface area (Å²) in [6.07, 6.45) is -6.21. The lowest BCUT2D eigenvalue weighted by molar-refractivity contribution is -0.157. The molecule has 2 atom stereocenters. The molecular weight excluding hydrogens is 491 g/mol. The number of morpholine rings is 1. The number of halogens is 3. The van der Waals surface area contributed by atoms with Crippen molar-refractivity contribution < 1.29 is 37.0 Å². The number of ether oxygens (including phenoxy) is 3. The Balaban J connectivity index is 1.50. The molecule has 2 aromatic rings. The molecule has 1 aromatic heterocycles. The monoisotopic (exact) mass is 525 g/mol. The molecule has 37 heavy (non-hydrogen) atoms. The van der Waals surface area contributed by atoms with Crippen molar-refractivity contribution in [3.63, 3.8) is 0 Å². The first kappa shape index (κ1) is 27.1. The lowest BCUT2D eigenvalue weighted by atomic mass is 9.90. The number of amides is 2. The Bertz CT molecular complexity index is 1110. The van der Waals surface area contributed by atoms with Gasteiger partial charge >= 0.3 is 12.3 Å². The molecule has 2 aliphatic rings. The molecule has 0 aliphatic carbocycles. The van der Waals surface area contributed by atoms with Gasteiger partial charge in [-0.2, -0.15) is 13.2 Å². The van der Waals surface area contributed by atoms with Crippen LogP contribution in [-0.4, -0.2) is 84.1 Å². The van der Waals surface area contributed by atoms with Crippen LogP contribution in [0.5, 0.6) is 5.75 Å². The number of hydrogen-bond acceptors (Lipinski definition) is 5. The SMILES string of the molecule is CC(C)(C)OC(=O)N1CCC[C@H](C(CC(F)(F)F)Oc2ccc3[nH]c(C(=O)N4CCOCC4)cc3c2)C1. The molecule has 0 spiro atoms. The highest BCUT2D eigenvalue weighted by Gasteiger charge is 2.40. The number of benzene rings is 1. The number of alkyl halides is 3. The Labute approximate surface area is 214 Å². The molecule has 2 fully saturated rings. The summed E-state index contributed by atoms with van der Waals surface area (Å²) in [4.78, 5) is 31.6. The van der Waals surface area contributed by atoms with Gasteiger partial charge in [0.25, 0.3) is 5.91 Å². The van der Waals surface area contributed by atoms with Crippen molar-refractivity contribution in [1.29, 1.82) is 0 Å². The van der Waals surface area contributed by atoms with Gasteiger partial charge in [-0.15, -0.1) is 0 Å². The zero-order valence-corrected chi connectivity index (χ0v) is 21.4. The van der Waals surface area contributed by atoms with Crippen LogP contribution >= 0.6 is 0 Å². The van der Waals surface area contributed by atoms with Gasteiger partial charge in [0, 0.05) is 43.0 Å². The number of piperidine rings is 1. The van der Waals surface area contributed by atoms with Crippen LogP contribution in [0.1, 0.15) is 50.5 Å². The standard InChI is InChI=1S/C26H34F3N3O5/c1-25(2,3)37-24(34)32-8-4-5-17(16-32)22(15-26(27,28)29)36-19-6-7-20-18(13-19)14-21(30-20)23(33)31-9-11-35-12-10-31/h6-7,13-14,17,22,30H,4-5,8-12,15-16H2,1-3H3/t17-,22?/m0/s1. The molecule has 2 amide bonds. The molecular formula is C26H34F3N3O5. The minimum atomic E-state index is -4.44. The van der Waals surface area contributed by atoms with Crippen LogP contribution in [0.4, 0.5) is 18.0 Å². The van der Waals surface area contributed by atoms with Crippen LogP contribution in [0.25, 0.3) is 10.9 Å². The van der Waals surface area contributed by atoms with Crippen molar-refractivity contribution in [2.24, 2.45) is 5.92 Å². The summed E-state index contributed by atoms with van der Waals surface area (Å²) in [5.74, 6) is -0.384. The number of fused-ring (bicyclic) bond motifs is 1. The molecule has 0 saturated carbocycles. The number of aromatic nitrogens is 1. The predicted octanol–water partition coefficient (Wildman–Crippen LogP) is 4.99. The summed E-state index contributed by atoms with van der Waals surface area (Å²) in [5, 5.41) is 0.666. The topological polar surface area (TPSA) is 84.1 Å². The predicted molar refractivity (Wildman–Crippen MR) is 131 cm³/mol. The van der Waals surface area contributed by atoms with Crippen molar-refractivity contribution >= 4 is 22.9 Å². The van der Waals surface area contributed by atoms with E-state index in [2.05, 4.69) is 4.98 Å². The van der Waals surface area contributed by atoms with Gasteiger partial charge in [0.1, 0.15) is 23.1 Å². The summed E-state index contributed by atoms with van der Waals surface area (Å²) < 4.78 is 57.2. The highest BCUT2D eigenvalue weighted by Crippen LogP contribution is 2.33. The molecule has 1 N–H and O–H groups in total. The van der Waals surface area contributed by atoms with Gasteiger partial charge in [0.2, 0.25) is 0 Å². The third kappa shape index (κ3) is 7.30. The van der Waals surface area contributed by atoms with Gasteiger partial charge in [0.15, 0.2) is 0 Å². The average Bonchev–Trinajstić information content (AvgIpc) is 3.25. The first-order valence-corrected chi connectivity index (χ1v) is 12.6. The maximum atomic E-state index is 13.5. The highest BCUT2D eigenvalue weighted by molar-refractivity contribution is 5.98. The van der Waals surface area contributed by atoms with E-state index in [-0.39, 0.29) is 18.2 Å². The second-order valence-electron chi connectivity index (χ2n) is 10.6. The first-order chi connectivity index (χ1) is 17.4. The average molecular weight is 526 g/mol. The molecule has 4 rings (SSSR count). The van der Waals surface area contributed by atoms with Crippen LogP contribution in [0, 0.1) is 5.92 Å². The zero-order valence-electron chi connectivity index (χ0n) is 21.4. The van der Waals surface area contributed by atoms with E-state index >= 15 is 0 Å². The zero-order chi connectivity index (χ0) is 26.8. The maximum absolute atomic E-state index is 13.5. The number of hydrogen-bond donors (Lipinski definition) is 1. The normalized spacial score (nSPS) is 20.1. The summed E-state index contributed by atoms with van der Waals surface area (Å²) in [6, 6.07) is 6.61. The Hall–Kier alpha value is -2.95. The second kappa shape index (κ2) is 10.8. The second-order valence-corrected chi connectivity index (χ2v) is 10.6. The van der Waals surface area contributed by atoms with E-state index in [1.54, 1.807) is 49.9 Å². The summed E-state index contributed by atoms with van der Waals surface area (Å²) in [5.41, 5.74) is 0.395. The molecule has 204 valence electrons. The van der Waals surface area contributed by atoms with E-state index in [0.717, 1.165) is 0 Å². The summed E-state index contributed by atoms with van der Waals surface area (Å²) >= 11 is 0. The van der Waals surface area contributed by atoms with Gasteiger partial charge in [-0.3, -0.25) is 4.79 Å². The van der Waals surface area contributed by atoms with Crippen LogP contribution in [0.2, 0.25) is 0 Å². The van der Waals surface area contributed by atoms with Crippen molar-refractivity contribution in [2.75, 3.05) is 39.4 Å². The van der Waals surface area contributed by atoms with Crippen LogP contribution in [0.15, 0.2) is 24.3 Å². The van der Waals surface area contributed by atoms with E-state index in [1.807, 2.05) is 0 Å². The number of nitrogens with zero attached hydrogens (tertiary/aromatic N) is 2. The molecule has 1 aromatic carbocycles. The number of rotatable bonds is 5. The first-order valence-electron chi connectivity index (χ1n) is 12.6. The molecule has 2 aliphatic heterocycles. The van der Waals surface area contributed by atoms with Crippen LogP contribution in [0.3, 0.4) is 0 Å². The maximum Gasteiger partial charge on any atom is 0.410 e. The molecule has 3 heterocycles. The largest absolute Gasteiger partial charge is 0.490 e. The minimum absolute atomic E-state index is 0.125. The number of carbonyl (C=O) groups is 2. The molecule has 11 heteroatoms. The van der Waals surface area contributed by atoms with E-state index in [9.17, 15) is 22.8 Å². The fraction of sp³-hybridized carbons (Fsp3) is 0.615. The van der Waals surface area contributed by atoms with Gasteiger partial charge in [-0.05, 0) is 57.9 Å². The lowest BCUT2D eigenvalue weighted by Crippen LogP contribution is -2.47. The smallest absolute Gasteiger partial charge is 0.410 e. The Morgan fingerprint density at radius 2 is 1.84 bits per heavy atom. The third-order valence-corrected chi connectivity index (χ3v) is 6.48. The van der Waals surface area contributed by atoms with Crippen molar-refractivity contribution in [2.45, 2.75) is 57.9 Å². The van der Waals surface area contributed by atoms with Crippen molar-refractivity contribution in [1.82, 2.24) is 14.8 Å². The van der Waals surface area contributed by atoms with E-state index in [1.165, 1.54) is 4.90 Å². The number of likely N-dealkylation sites (tertiary alicyclic amines) is 1. The van der Waals surface area contributed by atoms with Gasteiger partial charge in [-0.1, -0.05) is 0 Å². The Morgan fingerprint density at radius 1 is 1.11 bits per heavy atom. The Kier molecular flexibility index (Phi) is 7.91. The highest BCUT2D eigenvalue weighted by atomic mass is 19.4. The minimum Gasteiger partial charge on any atom is -0.490 e. The third-order valence-electron chi connectivity index (χ3n) is 6.48. The van der Waals surface area contributed by atoms with Crippen molar-refractivity contribution in [3.8, 4) is 5.75 Å². The van der Waals surface area contributed by atoms with Gasteiger partial charge in [-0.25, -0.2) is 4.79 Å². The fourth-order valence-electron chi connectivity index (χ4n) is 4.75. The summed E-state index contributed by atoms with van der Waals surface area (Å²) in [7, 11) is 0. The number of nitrogens with one attached hydrogen (secondary N) is 1. The molecule has 8 nitrogen and oxygen atoms in total. The van der Waals surface area contributed by atoms with Gasteiger partial charge < -0.3 is 29.0 Å². The van der Waals surface area contributed by atoms with E-state index < -0.39 is 36.3 Å². The molecule has 1 unspecified atom stereocenters. The van der Waals surface area contributed by atoms with Crippen LogP contribution in [-0.2, 0) is 9.47 Å². The summed E-state index contributed by atoms with van der Waals surface area (Å²) in [6.45, 7) is 7.78. The van der Waals surface area contributed by atoms with Crippen molar-refractivity contribution in [3.05, 3.63) is 30.0 Å². The van der Waals surface area contributed by atoms with E-state index in [0.29, 0.717) is 62.3 Å². The quantitative estimate of drug-likeness (QED) is 0.595. The van der Waals surface area contributed by atoms with Crippen LogP contribution < -0.4 is 4.74 Å². The number of carbonyl (C=O) groups excluding carboxylic acids is 2. The number of H-pyrrole nitrogens is 1.